The van der Waals surface area contributed by atoms with E-state index >= 15 is 0 Å². The van der Waals surface area contributed by atoms with Crippen molar-refractivity contribution >= 4 is 38.9 Å². The quantitative estimate of drug-likeness (QED) is 0.690. The number of ether oxygens (including phenoxy) is 1. The van der Waals surface area contributed by atoms with Gasteiger partial charge in [-0.15, -0.1) is 11.3 Å². The van der Waals surface area contributed by atoms with Crippen molar-refractivity contribution in [3.8, 4) is 5.75 Å². The third-order valence-electron chi connectivity index (χ3n) is 4.99. The zero-order valence-corrected chi connectivity index (χ0v) is 18.7. The van der Waals surface area contributed by atoms with Crippen LogP contribution in [0.3, 0.4) is 0 Å². The first-order valence-corrected chi connectivity index (χ1v) is 11.9. The lowest BCUT2D eigenvalue weighted by Crippen LogP contribution is -2.54. The number of benzene rings is 1. The van der Waals surface area contributed by atoms with Crippen LogP contribution in [0.2, 0.25) is 4.34 Å². The van der Waals surface area contributed by atoms with Crippen molar-refractivity contribution in [2.45, 2.75) is 23.7 Å². The van der Waals surface area contributed by atoms with Gasteiger partial charge in [0.1, 0.15) is 9.96 Å². The Morgan fingerprint density at radius 2 is 1.90 bits per heavy atom. The van der Waals surface area contributed by atoms with Gasteiger partial charge in [-0.1, -0.05) is 29.8 Å². The fourth-order valence-corrected chi connectivity index (χ4v) is 6.30. The molecule has 0 aliphatic carbocycles. The second-order valence-electron chi connectivity index (χ2n) is 6.70. The number of hydrogen-bond donors (Lipinski definition) is 1. The summed E-state index contributed by atoms with van der Waals surface area (Å²) in [4.78, 5) is 14.6. The van der Waals surface area contributed by atoms with Crippen LogP contribution in [0.4, 0.5) is 0 Å². The molecule has 1 fully saturated rings. The Bertz CT molecular complexity index is 956. The van der Waals surface area contributed by atoms with Crippen LogP contribution in [0.25, 0.3) is 0 Å². The zero-order valence-electron chi connectivity index (χ0n) is 16.3. The minimum Gasteiger partial charge on any atom is -0.496 e. The van der Waals surface area contributed by atoms with E-state index in [1.165, 1.54) is 10.4 Å². The zero-order chi connectivity index (χ0) is 21.0. The summed E-state index contributed by atoms with van der Waals surface area (Å²) in [6, 6.07) is 10.3. The summed E-state index contributed by atoms with van der Waals surface area (Å²) in [5.74, 6) is 0.630. The molecule has 2 aromatic rings. The number of piperazine rings is 1. The van der Waals surface area contributed by atoms with Crippen molar-refractivity contribution in [1.29, 1.82) is 0 Å². The number of amides is 1. The number of rotatable bonds is 7. The molecule has 2 heterocycles. The lowest BCUT2D eigenvalue weighted by molar-refractivity contribution is -0.126. The van der Waals surface area contributed by atoms with Crippen molar-refractivity contribution in [2.75, 3.05) is 33.3 Å². The molecule has 29 heavy (non-hydrogen) atoms. The lowest BCUT2D eigenvalue weighted by Gasteiger charge is -2.36. The van der Waals surface area contributed by atoms with Crippen LogP contribution in [-0.2, 0) is 21.4 Å². The molecule has 10 heteroatoms. The van der Waals surface area contributed by atoms with E-state index in [9.17, 15) is 13.2 Å². The van der Waals surface area contributed by atoms with Crippen LogP contribution in [0.15, 0.2) is 40.6 Å². The molecule has 1 aliphatic rings. The molecule has 158 valence electrons. The Labute approximate surface area is 180 Å². The molecule has 1 atom stereocenters. The first kappa shape index (κ1) is 22.0. The second-order valence-corrected chi connectivity index (χ2v) is 10.6. The first-order valence-electron chi connectivity index (χ1n) is 9.22. The van der Waals surface area contributed by atoms with Gasteiger partial charge < -0.3 is 10.1 Å². The summed E-state index contributed by atoms with van der Waals surface area (Å²) < 4.78 is 32.8. The number of halogens is 1. The van der Waals surface area contributed by atoms with Crippen LogP contribution in [0.5, 0.6) is 5.75 Å². The Hall–Kier alpha value is -1.65. The SMILES string of the molecule is COc1ccccc1CNC(=O)C(C)N1CCN(S(=O)(=O)c2ccc(Cl)s2)CC1. The monoisotopic (exact) mass is 457 g/mol. The van der Waals surface area contributed by atoms with E-state index in [-0.39, 0.29) is 16.2 Å². The van der Waals surface area contributed by atoms with Gasteiger partial charge in [0.05, 0.1) is 17.5 Å². The summed E-state index contributed by atoms with van der Waals surface area (Å²) >= 11 is 6.93. The Kier molecular flexibility index (Phi) is 7.18. The third-order valence-corrected chi connectivity index (χ3v) is 8.59. The van der Waals surface area contributed by atoms with Crippen molar-refractivity contribution in [1.82, 2.24) is 14.5 Å². The van der Waals surface area contributed by atoms with Gasteiger partial charge >= 0.3 is 0 Å². The van der Waals surface area contributed by atoms with E-state index < -0.39 is 10.0 Å². The highest BCUT2D eigenvalue weighted by Gasteiger charge is 2.32. The van der Waals surface area contributed by atoms with Crippen LogP contribution in [0, 0.1) is 0 Å². The largest absolute Gasteiger partial charge is 0.496 e. The highest BCUT2D eigenvalue weighted by Crippen LogP contribution is 2.28. The number of nitrogens with zero attached hydrogens (tertiary/aromatic N) is 2. The summed E-state index contributed by atoms with van der Waals surface area (Å²) in [6.07, 6.45) is 0. The van der Waals surface area contributed by atoms with Crippen LogP contribution < -0.4 is 10.1 Å². The number of methoxy groups -OCH3 is 1. The van der Waals surface area contributed by atoms with Gasteiger partial charge in [-0.05, 0) is 25.1 Å². The van der Waals surface area contributed by atoms with Crippen LogP contribution >= 0.6 is 22.9 Å². The topological polar surface area (TPSA) is 79.0 Å². The predicted molar refractivity (Wildman–Crippen MR) is 114 cm³/mol. The van der Waals surface area contributed by atoms with Crippen LogP contribution in [0.1, 0.15) is 12.5 Å². The Balaban J connectivity index is 1.54. The number of nitrogens with one attached hydrogen (secondary N) is 1. The van der Waals surface area contributed by atoms with E-state index in [1.807, 2.05) is 36.1 Å². The molecule has 1 aromatic heterocycles. The fraction of sp³-hybridized carbons (Fsp3) is 0.421. The van der Waals surface area contributed by atoms with Crippen molar-refractivity contribution in [2.24, 2.45) is 0 Å². The maximum atomic E-state index is 12.7. The smallest absolute Gasteiger partial charge is 0.252 e. The summed E-state index contributed by atoms with van der Waals surface area (Å²) in [7, 11) is -1.94. The number of carbonyl (C=O) groups is 1. The summed E-state index contributed by atoms with van der Waals surface area (Å²) in [6.45, 7) is 3.86. The lowest BCUT2D eigenvalue weighted by atomic mass is 10.2. The number of thiophene rings is 1. The third kappa shape index (κ3) is 5.10. The summed E-state index contributed by atoms with van der Waals surface area (Å²) in [5, 5.41) is 2.94. The molecule has 0 bridgehead atoms. The maximum Gasteiger partial charge on any atom is 0.252 e. The maximum absolute atomic E-state index is 12.7. The minimum absolute atomic E-state index is 0.0998. The van der Waals surface area contributed by atoms with Gasteiger partial charge in [-0.2, -0.15) is 4.31 Å². The fourth-order valence-electron chi connectivity index (χ4n) is 3.24. The average molecular weight is 458 g/mol. The number of hydrogen-bond acceptors (Lipinski definition) is 6. The highest BCUT2D eigenvalue weighted by molar-refractivity contribution is 7.91. The number of para-hydroxylation sites is 1. The normalized spacial score (nSPS) is 17.1. The van der Waals surface area contributed by atoms with Gasteiger partial charge in [0.2, 0.25) is 5.91 Å². The van der Waals surface area contributed by atoms with Gasteiger partial charge in [0.15, 0.2) is 0 Å². The van der Waals surface area contributed by atoms with Crippen molar-refractivity contribution < 1.29 is 17.9 Å². The van der Waals surface area contributed by atoms with E-state index in [0.29, 0.717) is 37.1 Å². The number of sulfonamides is 1. The van der Waals surface area contributed by atoms with Crippen molar-refractivity contribution in [3.63, 3.8) is 0 Å². The summed E-state index contributed by atoms with van der Waals surface area (Å²) in [5.41, 5.74) is 0.904. The molecule has 1 saturated heterocycles. The Morgan fingerprint density at radius 3 is 2.52 bits per heavy atom. The molecule has 7 nitrogen and oxygen atoms in total. The second kappa shape index (κ2) is 9.44. The van der Waals surface area contributed by atoms with Gasteiger partial charge in [-0.25, -0.2) is 8.42 Å². The van der Waals surface area contributed by atoms with Crippen molar-refractivity contribution in [3.05, 3.63) is 46.3 Å². The molecule has 0 saturated carbocycles. The van der Waals surface area contributed by atoms with E-state index in [0.717, 1.165) is 22.6 Å². The standard InChI is InChI=1S/C19H24ClN3O4S2/c1-14(19(24)21-13-15-5-3-4-6-16(15)27-2)22-9-11-23(12-10-22)29(25,26)18-8-7-17(20)28-18/h3-8,14H,9-13H2,1-2H3,(H,21,24). The molecule has 1 amide bonds. The van der Waals surface area contributed by atoms with E-state index in [1.54, 1.807) is 13.2 Å². The Morgan fingerprint density at radius 1 is 1.21 bits per heavy atom. The minimum atomic E-state index is -3.54. The van der Waals surface area contributed by atoms with Gasteiger partial charge in [0, 0.05) is 38.3 Å². The van der Waals surface area contributed by atoms with Gasteiger partial charge in [0.25, 0.3) is 10.0 Å². The van der Waals surface area contributed by atoms with E-state index in [4.69, 9.17) is 16.3 Å². The molecule has 0 spiro atoms. The molecular weight excluding hydrogens is 434 g/mol. The molecule has 3 rings (SSSR count). The molecule has 1 N–H and O–H groups in total. The molecule has 1 unspecified atom stereocenters. The number of carbonyl (C=O) groups excluding carboxylic acids is 1. The van der Waals surface area contributed by atoms with E-state index in [2.05, 4.69) is 5.32 Å². The first-order chi connectivity index (χ1) is 13.8. The van der Waals surface area contributed by atoms with Gasteiger partial charge in [-0.3, -0.25) is 9.69 Å². The predicted octanol–water partition coefficient (Wildman–Crippen LogP) is 2.42. The van der Waals surface area contributed by atoms with Crippen LogP contribution in [-0.4, -0.2) is 62.9 Å². The highest BCUT2D eigenvalue weighted by atomic mass is 35.5. The molecule has 1 aromatic carbocycles. The average Bonchev–Trinajstić information content (AvgIpc) is 3.19. The molecule has 0 radical (unpaired) electrons. The molecular formula is C19H24ClN3O4S2. The molecule has 1 aliphatic heterocycles.